The normalized spacial score (nSPS) is 10.3. The summed E-state index contributed by atoms with van der Waals surface area (Å²) in [5, 5.41) is 0. The van der Waals surface area contributed by atoms with E-state index < -0.39 is 0 Å². The van der Waals surface area contributed by atoms with Crippen LogP contribution in [0.4, 0.5) is 11.4 Å². The van der Waals surface area contributed by atoms with Gasteiger partial charge < -0.3 is 10.6 Å². The van der Waals surface area contributed by atoms with Crippen molar-refractivity contribution >= 4 is 11.4 Å². The summed E-state index contributed by atoms with van der Waals surface area (Å²) < 4.78 is 0. The molecule has 0 bridgehead atoms. The number of nitrogen functional groups attached to an aromatic ring is 1. The fraction of sp³-hybridized carbons (Fsp3) is 0.250. The van der Waals surface area contributed by atoms with Crippen LogP contribution in [0.5, 0.6) is 0 Å². The van der Waals surface area contributed by atoms with Gasteiger partial charge in [-0.15, -0.1) is 0 Å². The quantitative estimate of drug-likeness (QED) is 0.827. The lowest BCUT2D eigenvalue weighted by Gasteiger charge is -2.24. The van der Waals surface area contributed by atoms with Gasteiger partial charge in [0.15, 0.2) is 0 Å². The number of nitrogens with two attached hydrogens (primary N) is 1. The number of hydrogen-bond acceptors (Lipinski definition) is 2. The van der Waals surface area contributed by atoms with Gasteiger partial charge in [0.05, 0.1) is 0 Å². The predicted molar refractivity (Wildman–Crippen MR) is 78.8 cm³/mol. The lowest BCUT2D eigenvalue weighted by atomic mass is 10.1. The Labute approximate surface area is 109 Å². The molecule has 0 amide bonds. The lowest BCUT2D eigenvalue weighted by molar-refractivity contribution is 0.827. The van der Waals surface area contributed by atoms with E-state index in [0.717, 1.165) is 18.8 Å². The minimum atomic E-state index is 0.833. The first-order chi connectivity index (χ1) is 8.70. The minimum Gasteiger partial charge on any atom is -0.399 e. The highest BCUT2D eigenvalue weighted by Crippen LogP contribution is 2.19. The highest BCUT2D eigenvalue weighted by Gasteiger charge is 2.07. The molecule has 0 spiro atoms. The zero-order valence-corrected chi connectivity index (χ0v) is 11.1. The molecule has 0 heterocycles. The van der Waals surface area contributed by atoms with Crippen molar-refractivity contribution in [1.82, 2.24) is 0 Å². The number of rotatable bonds is 4. The topological polar surface area (TPSA) is 29.3 Å². The molecule has 0 saturated heterocycles. The summed E-state index contributed by atoms with van der Waals surface area (Å²) >= 11 is 0. The van der Waals surface area contributed by atoms with Crippen LogP contribution in [0.15, 0.2) is 48.5 Å². The largest absolute Gasteiger partial charge is 0.399 e. The third-order valence-corrected chi connectivity index (χ3v) is 3.24. The summed E-state index contributed by atoms with van der Waals surface area (Å²) in [7, 11) is 0. The van der Waals surface area contributed by atoms with Crippen LogP contribution < -0.4 is 10.6 Å². The Hall–Kier alpha value is -1.96. The van der Waals surface area contributed by atoms with Gasteiger partial charge in [-0.2, -0.15) is 0 Å². The number of para-hydroxylation sites is 1. The number of hydrogen-bond donors (Lipinski definition) is 1. The van der Waals surface area contributed by atoms with E-state index in [1.165, 1.54) is 16.8 Å². The van der Waals surface area contributed by atoms with Crippen LogP contribution in [0.3, 0.4) is 0 Å². The highest BCUT2D eigenvalue weighted by atomic mass is 15.1. The van der Waals surface area contributed by atoms with Crippen LogP contribution >= 0.6 is 0 Å². The Morgan fingerprint density at radius 3 is 2.44 bits per heavy atom. The van der Waals surface area contributed by atoms with E-state index in [9.17, 15) is 0 Å². The lowest BCUT2D eigenvalue weighted by Crippen LogP contribution is -2.22. The standard InChI is InChI=1S/C16H20N2/c1-3-18(16-7-5-4-6-8-16)12-14-11-15(17)10-9-13(14)2/h4-11H,3,12,17H2,1-2H3. The van der Waals surface area contributed by atoms with Crippen molar-refractivity contribution in [3.63, 3.8) is 0 Å². The molecule has 2 N–H and O–H groups in total. The van der Waals surface area contributed by atoms with E-state index >= 15 is 0 Å². The van der Waals surface area contributed by atoms with Gasteiger partial charge >= 0.3 is 0 Å². The van der Waals surface area contributed by atoms with Crippen LogP contribution in [0.1, 0.15) is 18.1 Å². The average molecular weight is 240 g/mol. The molecule has 0 saturated carbocycles. The van der Waals surface area contributed by atoms with E-state index in [2.05, 4.69) is 55.1 Å². The number of anilines is 2. The molecule has 2 aromatic carbocycles. The Balaban J connectivity index is 2.23. The molecule has 0 aromatic heterocycles. The zero-order chi connectivity index (χ0) is 13.0. The maximum Gasteiger partial charge on any atom is 0.0432 e. The molecule has 0 aliphatic heterocycles. The molecule has 2 nitrogen and oxygen atoms in total. The van der Waals surface area contributed by atoms with Crippen molar-refractivity contribution in [2.75, 3.05) is 17.2 Å². The summed E-state index contributed by atoms with van der Waals surface area (Å²) in [6.45, 7) is 6.19. The summed E-state index contributed by atoms with van der Waals surface area (Å²) in [5.74, 6) is 0. The van der Waals surface area contributed by atoms with Crippen LogP contribution in [0.25, 0.3) is 0 Å². The molecule has 2 heteroatoms. The van der Waals surface area contributed by atoms with Gasteiger partial charge in [0.25, 0.3) is 0 Å². The maximum atomic E-state index is 5.86. The molecule has 0 aliphatic rings. The molecule has 2 rings (SSSR count). The summed E-state index contributed by atoms with van der Waals surface area (Å²) in [5.41, 5.74) is 10.5. The van der Waals surface area contributed by atoms with Crippen molar-refractivity contribution in [2.45, 2.75) is 20.4 Å². The second-order valence-electron chi connectivity index (χ2n) is 4.54. The maximum absolute atomic E-state index is 5.86. The van der Waals surface area contributed by atoms with E-state index in [0.29, 0.717) is 0 Å². The summed E-state index contributed by atoms with van der Waals surface area (Å²) in [6.07, 6.45) is 0. The fourth-order valence-corrected chi connectivity index (χ4v) is 2.09. The van der Waals surface area contributed by atoms with Gasteiger partial charge in [-0.1, -0.05) is 24.3 Å². The van der Waals surface area contributed by atoms with E-state index in [4.69, 9.17) is 5.73 Å². The van der Waals surface area contributed by atoms with Crippen LogP contribution in [0, 0.1) is 6.92 Å². The van der Waals surface area contributed by atoms with Gasteiger partial charge in [0.1, 0.15) is 0 Å². The van der Waals surface area contributed by atoms with E-state index in [-0.39, 0.29) is 0 Å². The monoisotopic (exact) mass is 240 g/mol. The molecule has 18 heavy (non-hydrogen) atoms. The number of aryl methyl sites for hydroxylation is 1. The van der Waals surface area contributed by atoms with Crippen molar-refractivity contribution in [3.8, 4) is 0 Å². The molecule has 0 aliphatic carbocycles. The highest BCUT2D eigenvalue weighted by molar-refractivity contribution is 5.50. The van der Waals surface area contributed by atoms with E-state index in [1.807, 2.05) is 12.1 Å². The number of nitrogens with zero attached hydrogens (tertiary/aromatic N) is 1. The second-order valence-corrected chi connectivity index (χ2v) is 4.54. The smallest absolute Gasteiger partial charge is 0.0432 e. The first kappa shape index (κ1) is 12.5. The van der Waals surface area contributed by atoms with Gasteiger partial charge in [-0.05, 0) is 49.2 Å². The fourth-order valence-electron chi connectivity index (χ4n) is 2.09. The Bertz CT molecular complexity index is 506. The van der Waals surface area contributed by atoms with E-state index in [1.54, 1.807) is 0 Å². The van der Waals surface area contributed by atoms with Gasteiger partial charge in [-0.25, -0.2) is 0 Å². The molecule has 94 valence electrons. The Morgan fingerprint density at radius 1 is 1.06 bits per heavy atom. The second kappa shape index (κ2) is 5.58. The molecule has 0 atom stereocenters. The zero-order valence-electron chi connectivity index (χ0n) is 11.1. The summed E-state index contributed by atoms with van der Waals surface area (Å²) in [4.78, 5) is 2.35. The van der Waals surface area contributed by atoms with Gasteiger partial charge in [0, 0.05) is 24.5 Å². The molecule has 0 radical (unpaired) electrons. The van der Waals surface area contributed by atoms with Crippen molar-refractivity contribution in [3.05, 3.63) is 59.7 Å². The number of benzene rings is 2. The van der Waals surface area contributed by atoms with Crippen molar-refractivity contribution in [2.24, 2.45) is 0 Å². The van der Waals surface area contributed by atoms with Crippen LogP contribution in [-0.2, 0) is 6.54 Å². The SMILES string of the molecule is CCN(Cc1cc(N)ccc1C)c1ccccc1. The van der Waals surface area contributed by atoms with Crippen molar-refractivity contribution < 1.29 is 0 Å². The Kier molecular flexibility index (Phi) is 3.88. The molecule has 0 fully saturated rings. The van der Waals surface area contributed by atoms with Gasteiger partial charge in [-0.3, -0.25) is 0 Å². The first-order valence-electron chi connectivity index (χ1n) is 6.35. The molecular weight excluding hydrogens is 220 g/mol. The Morgan fingerprint density at radius 2 is 1.78 bits per heavy atom. The minimum absolute atomic E-state index is 0.833. The summed E-state index contributed by atoms with van der Waals surface area (Å²) in [6, 6.07) is 16.6. The predicted octanol–water partition coefficient (Wildman–Crippen LogP) is 3.60. The van der Waals surface area contributed by atoms with Gasteiger partial charge in [0.2, 0.25) is 0 Å². The molecular formula is C16H20N2. The first-order valence-corrected chi connectivity index (χ1v) is 6.35. The van der Waals surface area contributed by atoms with Crippen LogP contribution in [0.2, 0.25) is 0 Å². The average Bonchev–Trinajstić information content (AvgIpc) is 2.41. The third kappa shape index (κ3) is 2.83. The molecule has 2 aromatic rings. The molecule has 0 unspecified atom stereocenters. The third-order valence-electron chi connectivity index (χ3n) is 3.24. The van der Waals surface area contributed by atoms with Crippen LogP contribution in [-0.4, -0.2) is 6.54 Å². The van der Waals surface area contributed by atoms with Crippen molar-refractivity contribution in [1.29, 1.82) is 0 Å².